The molecule has 0 aliphatic carbocycles. The number of unbranched alkanes of at least 4 members (excludes halogenated alkanes) is 51. The molecule has 0 aliphatic heterocycles. The van der Waals surface area contributed by atoms with Gasteiger partial charge in [-0.05, 0) is 12.8 Å². The predicted octanol–water partition coefficient (Wildman–Crippen LogP) is 19.8. The Morgan fingerprint density at radius 2 is 0.577 bits per heavy atom. The quantitative estimate of drug-likeness (QED) is 0.0256. The van der Waals surface area contributed by atoms with Crippen LogP contribution in [0.3, 0.4) is 0 Å². The van der Waals surface area contributed by atoms with Crippen LogP contribution in [0, 0.1) is 0 Å². The van der Waals surface area contributed by atoms with Crippen LogP contribution >= 0.6 is 0 Å². The monoisotopic (exact) mass is 1110 g/mol. The van der Waals surface area contributed by atoms with Gasteiger partial charge in [-0.15, -0.1) is 0 Å². The lowest BCUT2D eigenvalue weighted by Gasteiger charge is -2.26. The molecule has 2 atom stereocenters. The molecule has 464 valence electrons. The van der Waals surface area contributed by atoms with Gasteiger partial charge in [0.25, 0.3) is 0 Å². The number of rotatable bonds is 66. The van der Waals surface area contributed by atoms with E-state index in [1.807, 2.05) is 21.1 Å². The van der Waals surface area contributed by atoms with E-state index in [2.05, 4.69) is 13.8 Å². The Balaban J connectivity index is 3.87. The number of carbonyl (C=O) groups is 3. The van der Waals surface area contributed by atoms with Crippen molar-refractivity contribution in [2.45, 2.75) is 379 Å². The van der Waals surface area contributed by atoms with E-state index >= 15 is 0 Å². The molecule has 0 saturated heterocycles. The topological polar surface area (TPSA) is 111 Å². The van der Waals surface area contributed by atoms with Crippen LogP contribution in [0.2, 0.25) is 0 Å². The van der Waals surface area contributed by atoms with Crippen molar-refractivity contribution in [2.75, 3.05) is 47.5 Å². The van der Waals surface area contributed by atoms with Gasteiger partial charge >= 0.3 is 11.9 Å². The van der Waals surface area contributed by atoms with Crippen LogP contribution in [0.25, 0.3) is 0 Å². The highest BCUT2D eigenvalue weighted by Gasteiger charge is 2.22. The van der Waals surface area contributed by atoms with Crippen molar-refractivity contribution >= 4 is 17.9 Å². The Morgan fingerprint density at radius 1 is 0.333 bits per heavy atom. The molecule has 0 aromatic rings. The Kier molecular flexibility index (Phi) is 60.0. The molecule has 9 heteroatoms. The number of quaternary nitrogens is 1. The first-order valence-electron chi connectivity index (χ1n) is 34.7. The summed E-state index contributed by atoms with van der Waals surface area (Å²) in [6, 6.07) is 0. The molecule has 9 nitrogen and oxygen atoms in total. The smallest absolute Gasteiger partial charge is 0.306 e. The number of carbonyl (C=O) groups excluding carboxylic acids is 3. The van der Waals surface area contributed by atoms with Crippen LogP contribution in [-0.4, -0.2) is 82.3 Å². The van der Waals surface area contributed by atoms with Crippen LogP contribution in [0.5, 0.6) is 0 Å². The van der Waals surface area contributed by atoms with Gasteiger partial charge in [-0.1, -0.05) is 341 Å². The third kappa shape index (κ3) is 61.9. The van der Waals surface area contributed by atoms with Crippen molar-refractivity contribution in [3.05, 3.63) is 0 Å². The van der Waals surface area contributed by atoms with Gasteiger partial charge in [0.05, 0.1) is 40.3 Å². The summed E-state index contributed by atoms with van der Waals surface area (Å²) in [6.07, 6.45) is 69.3. The third-order valence-corrected chi connectivity index (χ3v) is 16.1. The second-order valence-corrected chi connectivity index (χ2v) is 25.2. The van der Waals surface area contributed by atoms with Crippen molar-refractivity contribution in [1.82, 2.24) is 0 Å². The number of carboxylic acids is 1. The molecule has 0 bridgehead atoms. The van der Waals surface area contributed by atoms with Gasteiger partial charge in [0.15, 0.2) is 12.4 Å². The van der Waals surface area contributed by atoms with Crippen molar-refractivity contribution in [3.63, 3.8) is 0 Å². The number of esters is 2. The minimum Gasteiger partial charge on any atom is -0.545 e. The predicted molar refractivity (Wildman–Crippen MR) is 330 cm³/mol. The van der Waals surface area contributed by atoms with Crippen LogP contribution in [0.4, 0.5) is 0 Å². The second kappa shape index (κ2) is 61.4. The first kappa shape index (κ1) is 76.3. The second-order valence-electron chi connectivity index (χ2n) is 25.2. The highest BCUT2D eigenvalue weighted by Crippen LogP contribution is 2.19. The van der Waals surface area contributed by atoms with Crippen molar-refractivity contribution in [2.24, 2.45) is 0 Å². The minimum absolute atomic E-state index is 0.153. The van der Waals surface area contributed by atoms with Gasteiger partial charge in [-0.2, -0.15) is 0 Å². The fraction of sp³-hybridized carbons (Fsp3) is 0.957. The van der Waals surface area contributed by atoms with Crippen molar-refractivity contribution in [1.29, 1.82) is 0 Å². The molecular formula is C69H135NO8. The van der Waals surface area contributed by atoms with E-state index in [1.165, 1.54) is 302 Å². The number of likely N-dealkylation sites (N-methyl/N-ethyl adjacent to an activating group) is 1. The lowest BCUT2D eigenvalue weighted by molar-refractivity contribution is -0.870. The number of hydrogen-bond donors (Lipinski definition) is 0. The Hall–Kier alpha value is -1.71. The number of aliphatic carboxylic acids is 1. The van der Waals surface area contributed by atoms with Crippen molar-refractivity contribution < 1.29 is 42.9 Å². The van der Waals surface area contributed by atoms with Gasteiger partial charge in [0.1, 0.15) is 13.2 Å². The summed E-state index contributed by atoms with van der Waals surface area (Å²) in [6.45, 7) is 4.82. The first-order chi connectivity index (χ1) is 38.1. The van der Waals surface area contributed by atoms with Gasteiger partial charge < -0.3 is 33.3 Å². The van der Waals surface area contributed by atoms with E-state index in [1.54, 1.807) is 0 Å². The van der Waals surface area contributed by atoms with E-state index < -0.39 is 24.3 Å². The molecule has 0 saturated carbocycles. The average molecular weight is 1110 g/mol. The summed E-state index contributed by atoms with van der Waals surface area (Å²) in [5.41, 5.74) is 0. The standard InChI is InChI=1S/C69H135NO8/c1-6-8-10-12-14-16-18-20-22-23-24-25-26-27-28-29-30-31-32-33-34-35-36-37-38-39-40-41-42-43-44-45-46-48-50-52-54-56-58-60-67(72)78-65(64-77-69(68(73)74)75-62-61-70(3,4)5)63-76-66(71)59-57-55-53-51-49-47-21-19-17-15-13-11-9-7-2/h65,69H,6-64H2,1-5H3. The highest BCUT2D eigenvalue weighted by molar-refractivity contribution is 5.70. The third-order valence-electron chi connectivity index (χ3n) is 16.1. The summed E-state index contributed by atoms with van der Waals surface area (Å²) in [4.78, 5) is 37.3. The lowest BCUT2D eigenvalue weighted by atomic mass is 10.0. The summed E-state index contributed by atoms with van der Waals surface area (Å²) in [7, 11) is 5.94. The van der Waals surface area contributed by atoms with E-state index in [0.29, 0.717) is 17.4 Å². The van der Waals surface area contributed by atoms with E-state index in [0.717, 1.165) is 38.5 Å². The Labute approximate surface area is 485 Å². The summed E-state index contributed by atoms with van der Waals surface area (Å²) < 4.78 is 22.8. The maximum atomic E-state index is 12.9. The molecule has 0 amide bonds. The maximum absolute atomic E-state index is 12.9. The fourth-order valence-corrected chi connectivity index (χ4v) is 10.8. The largest absolute Gasteiger partial charge is 0.545 e. The molecule has 0 rings (SSSR count). The molecule has 0 spiro atoms. The SMILES string of the molecule is CCCCCCCCCCCCCCCCCCCCCCCCCCCCCCCCCCCCCCCCCC(=O)OC(COC(=O)CCCCCCCCCCCCCCCC)COC(OCC[N+](C)(C)C)C(=O)[O-]. The van der Waals surface area contributed by atoms with Gasteiger partial charge in [0.2, 0.25) is 0 Å². The zero-order chi connectivity index (χ0) is 56.9. The Bertz CT molecular complexity index is 1240. The average Bonchev–Trinajstić information content (AvgIpc) is 3.41. The summed E-state index contributed by atoms with van der Waals surface area (Å²) >= 11 is 0. The zero-order valence-electron chi connectivity index (χ0n) is 53.1. The van der Waals surface area contributed by atoms with Gasteiger partial charge in [-0.3, -0.25) is 9.59 Å². The maximum Gasteiger partial charge on any atom is 0.306 e. The zero-order valence-corrected chi connectivity index (χ0v) is 53.1. The van der Waals surface area contributed by atoms with E-state index in [9.17, 15) is 19.5 Å². The fourth-order valence-electron chi connectivity index (χ4n) is 10.8. The normalized spacial score (nSPS) is 12.6. The molecule has 0 fully saturated rings. The number of hydrogen-bond acceptors (Lipinski definition) is 8. The molecule has 0 aliphatic rings. The molecule has 0 radical (unpaired) electrons. The molecule has 0 aromatic carbocycles. The van der Waals surface area contributed by atoms with Crippen LogP contribution in [0.1, 0.15) is 367 Å². The first-order valence-corrected chi connectivity index (χ1v) is 34.7. The summed E-state index contributed by atoms with van der Waals surface area (Å²) in [5, 5.41) is 11.8. The molecule has 2 unspecified atom stereocenters. The minimum atomic E-state index is -1.61. The van der Waals surface area contributed by atoms with Crippen LogP contribution in [-0.2, 0) is 33.3 Å². The van der Waals surface area contributed by atoms with Crippen LogP contribution < -0.4 is 5.11 Å². The van der Waals surface area contributed by atoms with Crippen LogP contribution in [0.15, 0.2) is 0 Å². The molecule has 0 N–H and O–H groups in total. The Morgan fingerprint density at radius 3 is 0.821 bits per heavy atom. The van der Waals surface area contributed by atoms with E-state index in [4.69, 9.17) is 18.9 Å². The van der Waals surface area contributed by atoms with Gasteiger partial charge in [-0.25, -0.2) is 0 Å². The van der Waals surface area contributed by atoms with E-state index in [-0.39, 0.29) is 32.2 Å². The number of ether oxygens (including phenoxy) is 4. The molecular weight excluding hydrogens is 971 g/mol. The molecule has 78 heavy (non-hydrogen) atoms. The lowest BCUT2D eigenvalue weighted by Crippen LogP contribution is -2.44. The summed E-state index contributed by atoms with van der Waals surface area (Å²) in [5.74, 6) is -2.25. The highest BCUT2D eigenvalue weighted by atomic mass is 16.7. The molecule has 0 heterocycles. The number of nitrogens with zero attached hydrogens (tertiary/aromatic N) is 1. The number of carboxylic acid groups (broad SMARTS) is 1. The van der Waals surface area contributed by atoms with Crippen molar-refractivity contribution in [3.8, 4) is 0 Å². The van der Waals surface area contributed by atoms with Gasteiger partial charge in [0, 0.05) is 12.8 Å². The molecule has 0 aromatic heterocycles.